The van der Waals surface area contributed by atoms with Gasteiger partial charge in [0, 0.05) is 17.3 Å². The summed E-state index contributed by atoms with van der Waals surface area (Å²) < 4.78 is 2.68. The minimum Gasteiger partial charge on any atom is -0.329 e. The van der Waals surface area contributed by atoms with Crippen LogP contribution in [-0.2, 0) is 13.0 Å². The lowest BCUT2D eigenvalue weighted by Gasteiger charge is -1.99. The van der Waals surface area contributed by atoms with Gasteiger partial charge in [-0.2, -0.15) is 0 Å². The Hall–Kier alpha value is -1.53. The molecule has 0 bridgehead atoms. The first-order valence-corrected chi connectivity index (χ1v) is 6.97. The van der Waals surface area contributed by atoms with Crippen LogP contribution in [0, 0.1) is 4.77 Å². The highest BCUT2D eigenvalue weighted by atomic mass is 32.1. The molecule has 4 nitrogen and oxygen atoms in total. The SMILES string of the molecule is CCc1cnc(Cn2c(=S)[nH]c3cccnc32)s1. The maximum atomic E-state index is 5.33. The van der Waals surface area contributed by atoms with E-state index >= 15 is 0 Å². The average Bonchev–Trinajstić information content (AvgIpc) is 2.96. The van der Waals surface area contributed by atoms with Crippen molar-refractivity contribution in [1.82, 2.24) is 19.5 Å². The number of pyridine rings is 1. The highest BCUT2D eigenvalue weighted by molar-refractivity contribution is 7.71. The summed E-state index contributed by atoms with van der Waals surface area (Å²) in [5.74, 6) is 0. The quantitative estimate of drug-likeness (QED) is 0.747. The van der Waals surface area contributed by atoms with Gasteiger partial charge in [0.05, 0.1) is 12.1 Å². The third-order valence-electron chi connectivity index (χ3n) is 2.77. The first-order valence-electron chi connectivity index (χ1n) is 5.75. The maximum Gasteiger partial charge on any atom is 0.179 e. The van der Waals surface area contributed by atoms with Crippen LogP contribution in [0.25, 0.3) is 11.2 Å². The second kappa shape index (κ2) is 4.62. The van der Waals surface area contributed by atoms with Gasteiger partial charge < -0.3 is 4.98 Å². The number of hydrogen-bond donors (Lipinski definition) is 1. The number of aromatic nitrogens is 4. The molecule has 3 rings (SSSR count). The van der Waals surface area contributed by atoms with Crippen molar-refractivity contribution in [2.75, 3.05) is 0 Å². The Morgan fingerprint density at radius 2 is 2.33 bits per heavy atom. The molecule has 0 saturated heterocycles. The van der Waals surface area contributed by atoms with Crippen molar-refractivity contribution < 1.29 is 0 Å². The Morgan fingerprint density at radius 1 is 1.44 bits per heavy atom. The largest absolute Gasteiger partial charge is 0.329 e. The number of nitrogens with zero attached hydrogens (tertiary/aromatic N) is 3. The summed E-state index contributed by atoms with van der Waals surface area (Å²) in [6.45, 7) is 2.82. The van der Waals surface area contributed by atoms with E-state index in [1.165, 1.54) is 4.88 Å². The Morgan fingerprint density at radius 3 is 3.11 bits per heavy atom. The molecule has 0 atom stereocenters. The molecular weight excluding hydrogens is 264 g/mol. The van der Waals surface area contributed by atoms with Crippen LogP contribution in [0.1, 0.15) is 16.8 Å². The molecule has 1 N–H and O–H groups in total. The standard InChI is InChI=1S/C12H12N4S2/c1-2-8-6-14-10(18-8)7-16-11-9(15-12(16)17)4-3-5-13-11/h3-6H,2,7H2,1H3,(H,15,17). The van der Waals surface area contributed by atoms with Gasteiger partial charge in [-0.1, -0.05) is 6.92 Å². The fourth-order valence-corrected chi connectivity index (χ4v) is 2.97. The molecule has 0 aliphatic rings. The molecule has 6 heteroatoms. The zero-order valence-electron chi connectivity index (χ0n) is 9.88. The van der Waals surface area contributed by atoms with Gasteiger partial charge in [0.25, 0.3) is 0 Å². The molecule has 3 aromatic rings. The Bertz CT molecular complexity index is 738. The summed E-state index contributed by atoms with van der Waals surface area (Å²) in [6.07, 6.45) is 4.74. The van der Waals surface area contributed by atoms with Crippen LogP contribution in [0.4, 0.5) is 0 Å². The molecule has 0 saturated carbocycles. The summed E-state index contributed by atoms with van der Waals surface area (Å²) in [6, 6.07) is 3.88. The lowest BCUT2D eigenvalue weighted by atomic mass is 10.4. The summed E-state index contributed by atoms with van der Waals surface area (Å²) in [5.41, 5.74) is 1.85. The first kappa shape index (κ1) is 11.6. The Balaban J connectivity index is 2.04. The van der Waals surface area contributed by atoms with Gasteiger partial charge in [0.2, 0.25) is 0 Å². The van der Waals surface area contributed by atoms with Crippen molar-refractivity contribution in [3.8, 4) is 0 Å². The van der Waals surface area contributed by atoms with Crippen LogP contribution in [0.15, 0.2) is 24.5 Å². The third-order valence-corrected chi connectivity index (χ3v) is 4.22. The molecule has 3 heterocycles. The highest BCUT2D eigenvalue weighted by Gasteiger charge is 2.08. The van der Waals surface area contributed by atoms with Crippen LogP contribution >= 0.6 is 23.6 Å². The monoisotopic (exact) mass is 276 g/mol. The lowest BCUT2D eigenvalue weighted by molar-refractivity contribution is 0.794. The van der Waals surface area contributed by atoms with Gasteiger partial charge in [0.1, 0.15) is 5.01 Å². The highest BCUT2D eigenvalue weighted by Crippen LogP contribution is 2.17. The van der Waals surface area contributed by atoms with Crippen molar-refractivity contribution >= 4 is 34.7 Å². The molecule has 0 aliphatic heterocycles. The van der Waals surface area contributed by atoms with Gasteiger partial charge >= 0.3 is 0 Å². The Labute approximate surface area is 113 Å². The maximum absolute atomic E-state index is 5.33. The third kappa shape index (κ3) is 1.97. The molecular formula is C12H12N4S2. The van der Waals surface area contributed by atoms with Gasteiger partial charge in [-0.25, -0.2) is 9.97 Å². The van der Waals surface area contributed by atoms with E-state index in [2.05, 4.69) is 21.9 Å². The zero-order chi connectivity index (χ0) is 12.5. The van der Waals surface area contributed by atoms with E-state index in [9.17, 15) is 0 Å². The van der Waals surface area contributed by atoms with E-state index in [-0.39, 0.29) is 0 Å². The molecule has 18 heavy (non-hydrogen) atoms. The molecule has 0 aliphatic carbocycles. The van der Waals surface area contributed by atoms with Crippen molar-refractivity contribution in [1.29, 1.82) is 0 Å². The number of aromatic amines is 1. The normalized spacial score (nSPS) is 11.2. The molecule has 0 radical (unpaired) electrons. The first-order chi connectivity index (χ1) is 8.78. The van der Waals surface area contributed by atoms with Gasteiger partial charge in [-0.05, 0) is 30.8 Å². The summed E-state index contributed by atoms with van der Waals surface area (Å²) in [5, 5.41) is 1.06. The van der Waals surface area contributed by atoms with E-state index < -0.39 is 0 Å². The predicted octanol–water partition coefficient (Wildman–Crippen LogP) is 3.16. The predicted molar refractivity (Wildman–Crippen MR) is 75.5 cm³/mol. The second-order valence-corrected chi connectivity index (χ2v) is 5.55. The average molecular weight is 276 g/mol. The molecule has 0 aromatic carbocycles. The van der Waals surface area contributed by atoms with Crippen LogP contribution < -0.4 is 0 Å². The van der Waals surface area contributed by atoms with Crippen molar-refractivity contribution in [2.45, 2.75) is 19.9 Å². The summed E-state index contributed by atoms with van der Waals surface area (Å²) in [7, 11) is 0. The number of H-pyrrole nitrogens is 1. The summed E-state index contributed by atoms with van der Waals surface area (Å²) >= 11 is 7.06. The van der Waals surface area contributed by atoms with Crippen LogP contribution in [0.5, 0.6) is 0 Å². The smallest absolute Gasteiger partial charge is 0.179 e. The van der Waals surface area contributed by atoms with E-state index in [4.69, 9.17) is 12.2 Å². The second-order valence-electron chi connectivity index (χ2n) is 3.96. The zero-order valence-corrected chi connectivity index (χ0v) is 11.5. The van der Waals surface area contributed by atoms with Crippen LogP contribution in [-0.4, -0.2) is 19.5 Å². The molecule has 0 spiro atoms. The fraction of sp³-hybridized carbons (Fsp3) is 0.250. The van der Waals surface area contributed by atoms with E-state index in [1.807, 2.05) is 22.9 Å². The number of nitrogens with one attached hydrogen (secondary N) is 1. The lowest BCUT2D eigenvalue weighted by Crippen LogP contribution is -1.99. The van der Waals surface area contributed by atoms with Gasteiger partial charge in [-0.15, -0.1) is 11.3 Å². The fourth-order valence-electron chi connectivity index (χ4n) is 1.86. The molecule has 0 unspecified atom stereocenters. The van der Waals surface area contributed by atoms with Gasteiger partial charge in [0.15, 0.2) is 10.4 Å². The van der Waals surface area contributed by atoms with Crippen LogP contribution in [0.3, 0.4) is 0 Å². The molecule has 0 fully saturated rings. The molecule has 0 amide bonds. The van der Waals surface area contributed by atoms with Crippen molar-refractivity contribution in [2.24, 2.45) is 0 Å². The Kier molecular flexibility index (Phi) is 2.97. The topological polar surface area (TPSA) is 46.5 Å². The summed E-state index contributed by atoms with van der Waals surface area (Å²) in [4.78, 5) is 13.2. The number of hydrogen-bond acceptors (Lipinski definition) is 4. The minimum absolute atomic E-state index is 0.681. The number of imidazole rings is 1. The van der Waals surface area contributed by atoms with Crippen molar-refractivity contribution in [3.63, 3.8) is 0 Å². The minimum atomic E-state index is 0.681. The molecule has 92 valence electrons. The van der Waals surface area contributed by atoms with Crippen LogP contribution in [0.2, 0.25) is 0 Å². The number of aryl methyl sites for hydroxylation is 1. The van der Waals surface area contributed by atoms with E-state index in [1.54, 1.807) is 17.5 Å². The van der Waals surface area contributed by atoms with Gasteiger partial charge in [-0.3, -0.25) is 4.57 Å². The number of thiazole rings is 1. The van der Waals surface area contributed by atoms with E-state index in [0.29, 0.717) is 11.3 Å². The number of fused-ring (bicyclic) bond motifs is 1. The van der Waals surface area contributed by atoms with Crippen molar-refractivity contribution in [3.05, 3.63) is 39.2 Å². The van der Waals surface area contributed by atoms with E-state index in [0.717, 1.165) is 22.6 Å². The molecule has 3 aromatic heterocycles. The number of rotatable bonds is 3.